The van der Waals surface area contributed by atoms with E-state index in [1.54, 1.807) is 31.2 Å². The maximum atomic E-state index is 12.1. The first-order valence-electron chi connectivity index (χ1n) is 9.18. The molecule has 0 spiro atoms. The van der Waals surface area contributed by atoms with Crippen molar-refractivity contribution >= 4 is 29.0 Å². The predicted molar refractivity (Wildman–Crippen MR) is 107 cm³/mol. The first-order valence-corrected chi connectivity index (χ1v) is 10.1. The number of nitrogens with zero attached hydrogens (tertiary/aromatic N) is 1. The average Bonchev–Trinajstić information content (AvgIpc) is 3.14. The van der Waals surface area contributed by atoms with E-state index in [0.29, 0.717) is 24.4 Å². The zero-order valence-electron chi connectivity index (χ0n) is 15.7. The number of hydrogen-bond donors (Lipinski definition) is 2. The van der Waals surface area contributed by atoms with Crippen molar-refractivity contribution in [2.75, 3.05) is 25.0 Å². The van der Waals surface area contributed by atoms with E-state index >= 15 is 0 Å². The number of hydrogen-bond acceptors (Lipinski definition) is 5. The van der Waals surface area contributed by atoms with Gasteiger partial charge >= 0.3 is 12.0 Å². The van der Waals surface area contributed by atoms with Crippen molar-refractivity contribution in [2.24, 2.45) is 0 Å². The highest BCUT2D eigenvalue weighted by molar-refractivity contribution is 7.10. The summed E-state index contributed by atoms with van der Waals surface area (Å²) < 4.78 is 4.95. The highest BCUT2D eigenvalue weighted by atomic mass is 32.1. The number of carbonyl (C=O) groups is 2. The number of thiophene rings is 1. The third kappa shape index (κ3) is 5.08. The van der Waals surface area contributed by atoms with E-state index in [2.05, 4.69) is 33.9 Å². The van der Waals surface area contributed by atoms with Gasteiger partial charge in [0.2, 0.25) is 0 Å². The quantitative estimate of drug-likeness (QED) is 0.745. The van der Waals surface area contributed by atoms with E-state index in [9.17, 15) is 9.59 Å². The van der Waals surface area contributed by atoms with Gasteiger partial charge in [0.05, 0.1) is 12.2 Å². The molecule has 6 nitrogen and oxygen atoms in total. The van der Waals surface area contributed by atoms with E-state index < -0.39 is 0 Å². The van der Waals surface area contributed by atoms with Gasteiger partial charge in [-0.1, -0.05) is 0 Å². The van der Waals surface area contributed by atoms with E-state index in [0.717, 1.165) is 19.5 Å². The van der Waals surface area contributed by atoms with Gasteiger partial charge in [0.15, 0.2) is 0 Å². The molecule has 0 aliphatic carbocycles. The summed E-state index contributed by atoms with van der Waals surface area (Å²) in [7, 11) is 0. The minimum absolute atomic E-state index is 0.251. The lowest BCUT2D eigenvalue weighted by Crippen LogP contribution is -2.45. The number of ether oxygens (including phenoxy) is 1. The van der Waals surface area contributed by atoms with Crippen LogP contribution in [0.4, 0.5) is 10.5 Å². The zero-order valence-corrected chi connectivity index (χ0v) is 16.5. The molecular weight excluding hydrogens is 362 g/mol. The molecule has 1 unspecified atom stereocenters. The second-order valence-electron chi connectivity index (χ2n) is 6.57. The van der Waals surface area contributed by atoms with Crippen molar-refractivity contribution in [3.63, 3.8) is 0 Å². The van der Waals surface area contributed by atoms with Gasteiger partial charge in [-0.05, 0) is 61.5 Å². The van der Waals surface area contributed by atoms with Crippen molar-refractivity contribution < 1.29 is 14.3 Å². The third-order valence-corrected chi connectivity index (χ3v) is 5.70. The normalized spacial score (nSPS) is 14.9. The standard InChI is InChI=1S/C20H25N3O3S/c1-3-26-19(24)15-4-6-17(7-5-15)22-20(25)21-12-14(2)23-10-8-18-16(13-23)9-11-27-18/h4-7,9,11,14H,3,8,10,12-13H2,1-2H3,(H2,21,22,25). The fourth-order valence-electron chi connectivity index (χ4n) is 3.10. The lowest BCUT2D eigenvalue weighted by atomic mass is 10.1. The van der Waals surface area contributed by atoms with Gasteiger partial charge in [-0.2, -0.15) is 0 Å². The van der Waals surface area contributed by atoms with Crippen LogP contribution in [-0.4, -0.2) is 42.6 Å². The van der Waals surface area contributed by atoms with Crippen LogP contribution < -0.4 is 10.6 Å². The first kappa shape index (κ1) is 19.4. The van der Waals surface area contributed by atoms with Crippen LogP contribution in [0.1, 0.15) is 34.6 Å². The summed E-state index contributed by atoms with van der Waals surface area (Å²) in [6.07, 6.45) is 1.08. The highest BCUT2D eigenvalue weighted by Gasteiger charge is 2.21. The van der Waals surface area contributed by atoms with Crippen LogP contribution in [0.2, 0.25) is 0 Å². The van der Waals surface area contributed by atoms with Crippen molar-refractivity contribution in [2.45, 2.75) is 32.9 Å². The maximum absolute atomic E-state index is 12.1. The van der Waals surface area contributed by atoms with Crippen molar-refractivity contribution in [1.82, 2.24) is 10.2 Å². The average molecular weight is 388 g/mol. The van der Waals surface area contributed by atoms with E-state index in [1.165, 1.54) is 10.4 Å². The van der Waals surface area contributed by atoms with Gasteiger partial charge in [-0.3, -0.25) is 4.90 Å². The molecule has 1 atom stereocenters. The number of carbonyl (C=O) groups excluding carboxylic acids is 2. The maximum Gasteiger partial charge on any atom is 0.338 e. The fraction of sp³-hybridized carbons (Fsp3) is 0.400. The van der Waals surface area contributed by atoms with Crippen LogP contribution in [0.25, 0.3) is 0 Å². The molecule has 2 heterocycles. The number of nitrogens with one attached hydrogen (secondary N) is 2. The molecule has 2 N–H and O–H groups in total. The summed E-state index contributed by atoms with van der Waals surface area (Å²) >= 11 is 1.83. The van der Waals surface area contributed by atoms with Gasteiger partial charge < -0.3 is 15.4 Å². The molecule has 1 aromatic heterocycles. The molecule has 27 heavy (non-hydrogen) atoms. The Balaban J connectivity index is 1.45. The van der Waals surface area contributed by atoms with Gasteiger partial charge in [-0.25, -0.2) is 9.59 Å². The summed E-state index contributed by atoms with van der Waals surface area (Å²) in [4.78, 5) is 27.7. The van der Waals surface area contributed by atoms with E-state index in [-0.39, 0.29) is 18.0 Å². The molecular formula is C20H25N3O3S. The van der Waals surface area contributed by atoms with Crippen LogP contribution >= 0.6 is 11.3 Å². The number of fused-ring (bicyclic) bond motifs is 1. The Morgan fingerprint density at radius 1 is 1.26 bits per heavy atom. The molecule has 0 radical (unpaired) electrons. The molecule has 2 aromatic rings. The molecule has 7 heteroatoms. The van der Waals surface area contributed by atoms with Gasteiger partial charge in [0, 0.05) is 36.2 Å². The summed E-state index contributed by atoms with van der Waals surface area (Å²) in [5.41, 5.74) is 2.51. The van der Waals surface area contributed by atoms with Crippen molar-refractivity contribution in [3.8, 4) is 0 Å². The zero-order chi connectivity index (χ0) is 19.2. The van der Waals surface area contributed by atoms with Gasteiger partial charge in [0.1, 0.15) is 0 Å². The summed E-state index contributed by atoms with van der Waals surface area (Å²) in [5.74, 6) is -0.363. The third-order valence-electron chi connectivity index (χ3n) is 4.67. The number of amides is 2. The Labute approximate surface area is 163 Å². The lowest BCUT2D eigenvalue weighted by Gasteiger charge is -2.32. The Bertz CT molecular complexity index is 788. The molecule has 0 fully saturated rings. The second kappa shape index (κ2) is 9.01. The molecule has 0 saturated heterocycles. The minimum Gasteiger partial charge on any atom is -0.462 e. The topological polar surface area (TPSA) is 70.7 Å². The number of rotatable bonds is 6. The van der Waals surface area contributed by atoms with Gasteiger partial charge in [0.25, 0.3) is 0 Å². The summed E-state index contributed by atoms with van der Waals surface area (Å²) in [5, 5.41) is 7.86. The molecule has 1 aliphatic rings. The van der Waals surface area contributed by atoms with Crippen molar-refractivity contribution in [1.29, 1.82) is 0 Å². The Morgan fingerprint density at radius 3 is 2.78 bits per heavy atom. The van der Waals surface area contributed by atoms with E-state index in [1.807, 2.05) is 11.3 Å². The largest absolute Gasteiger partial charge is 0.462 e. The van der Waals surface area contributed by atoms with E-state index in [4.69, 9.17) is 4.74 Å². The van der Waals surface area contributed by atoms with Crippen LogP contribution in [0.3, 0.4) is 0 Å². The van der Waals surface area contributed by atoms with Crippen LogP contribution in [0.5, 0.6) is 0 Å². The summed E-state index contributed by atoms with van der Waals surface area (Å²) in [6.45, 7) is 6.77. The molecule has 144 valence electrons. The SMILES string of the molecule is CCOC(=O)c1ccc(NC(=O)NCC(C)N2CCc3sccc3C2)cc1. The Morgan fingerprint density at radius 2 is 2.04 bits per heavy atom. The minimum atomic E-state index is -0.363. The molecule has 1 aliphatic heterocycles. The van der Waals surface area contributed by atoms with Gasteiger partial charge in [-0.15, -0.1) is 11.3 Å². The molecule has 0 bridgehead atoms. The first-order chi connectivity index (χ1) is 13.1. The molecule has 2 amide bonds. The van der Waals surface area contributed by atoms with Crippen molar-refractivity contribution in [3.05, 3.63) is 51.7 Å². The fourth-order valence-corrected chi connectivity index (χ4v) is 3.99. The van der Waals surface area contributed by atoms with Crippen LogP contribution in [0, 0.1) is 0 Å². The number of esters is 1. The molecule has 1 aromatic carbocycles. The predicted octanol–water partition coefficient (Wildman–Crippen LogP) is 3.49. The Hall–Kier alpha value is -2.38. The number of urea groups is 1. The highest BCUT2D eigenvalue weighted by Crippen LogP contribution is 2.24. The molecule has 0 saturated carbocycles. The Kier molecular flexibility index (Phi) is 6.47. The number of anilines is 1. The second-order valence-corrected chi connectivity index (χ2v) is 7.57. The molecule has 3 rings (SSSR count). The monoisotopic (exact) mass is 387 g/mol. The van der Waals surface area contributed by atoms with Crippen LogP contribution in [-0.2, 0) is 17.7 Å². The summed E-state index contributed by atoms with van der Waals surface area (Å²) in [6, 6.07) is 8.87. The smallest absolute Gasteiger partial charge is 0.338 e. The number of benzene rings is 1. The van der Waals surface area contributed by atoms with Crippen LogP contribution in [0.15, 0.2) is 35.7 Å². The lowest BCUT2D eigenvalue weighted by molar-refractivity contribution is 0.0526.